The highest BCUT2D eigenvalue weighted by Gasteiger charge is 2.12. The van der Waals surface area contributed by atoms with Crippen LogP contribution in [0.4, 0.5) is 0 Å². The number of carbonyl (C=O) groups is 2. The van der Waals surface area contributed by atoms with E-state index in [1.165, 1.54) is 14.2 Å². The molecule has 226 valence electrons. The van der Waals surface area contributed by atoms with Crippen molar-refractivity contribution in [2.75, 3.05) is 27.3 Å². The molecule has 0 aliphatic carbocycles. The van der Waals surface area contributed by atoms with Crippen LogP contribution in [0, 0.1) is 11.3 Å². The van der Waals surface area contributed by atoms with Crippen LogP contribution in [0.15, 0.2) is 97.1 Å². The fraction of sp³-hybridized carbons (Fsp3) is 0.270. The lowest BCUT2D eigenvalue weighted by Crippen LogP contribution is -2.27. The molecule has 0 aromatic heterocycles. The summed E-state index contributed by atoms with van der Waals surface area (Å²) in [7, 11) is 2.79. The minimum atomic E-state index is -0.353. The molecule has 7 heteroatoms. The van der Waals surface area contributed by atoms with Gasteiger partial charge >= 0.3 is 11.9 Å². The highest BCUT2D eigenvalue weighted by molar-refractivity contribution is 5.89. The Labute approximate surface area is 259 Å². The standard InChI is InChI=1S/C37H38N2O5/c1-42-36(40)12-5-6-22-39(26-28-13-19-33(20-14-28)37(41)43-2)23-21-32-9-3-4-11-35(32)44-27-29-15-17-31(18-16-29)34-10-7-8-30(24-34)25-38/h3-4,7-11,13-20,24H,5-6,12,21-23,26-27H2,1-2H3. The smallest absolute Gasteiger partial charge is 0.337 e. The van der Waals surface area contributed by atoms with Crippen molar-refractivity contribution in [3.05, 3.63) is 125 Å². The van der Waals surface area contributed by atoms with Crippen LogP contribution in [0.1, 0.15) is 51.9 Å². The monoisotopic (exact) mass is 590 g/mol. The van der Waals surface area contributed by atoms with Crippen molar-refractivity contribution in [3.63, 3.8) is 0 Å². The molecule has 44 heavy (non-hydrogen) atoms. The molecular formula is C37H38N2O5. The van der Waals surface area contributed by atoms with Gasteiger partial charge in [-0.15, -0.1) is 0 Å². The number of para-hydroxylation sites is 1. The van der Waals surface area contributed by atoms with E-state index in [2.05, 4.69) is 41.3 Å². The number of methoxy groups -OCH3 is 2. The Balaban J connectivity index is 1.38. The van der Waals surface area contributed by atoms with E-state index in [1.54, 1.807) is 18.2 Å². The molecule has 0 spiro atoms. The number of hydrogen-bond donors (Lipinski definition) is 0. The fourth-order valence-electron chi connectivity index (χ4n) is 4.95. The first-order chi connectivity index (χ1) is 21.5. The Morgan fingerprint density at radius 1 is 0.773 bits per heavy atom. The van der Waals surface area contributed by atoms with Crippen molar-refractivity contribution >= 4 is 11.9 Å². The molecule has 4 rings (SSSR count). The quantitative estimate of drug-likeness (QED) is 0.109. The van der Waals surface area contributed by atoms with Gasteiger partial charge in [-0.25, -0.2) is 4.79 Å². The topological polar surface area (TPSA) is 88.9 Å². The molecule has 0 unspecified atom stereocenters. The molecule has 0 fully saturated rings. The molecule has 0 amide bonds. The maximum absolute atomic E-state index is 11.8. The molecule has 0 aliphatic heterocycles. The van der Waals surface area contributed by atoms with Gasteiger partial charge in [0.05, 0.1) is 31.4 Å². The van der Waals surface area contributed by atoms with Crippen LogP contribution in [0.3, 0.4) is 0 Å². The summed E-state index contributed by atoms with van der Waals surface area (Å²) in [5.74, 6) is 0.310. The fourth-order valence-corrected chi connectivity index (χ4v) is 4.95. The molecule has 0 saturated heterocycles. The normalized spacial score (nSPS) is 10.7. The van der Waals surface area contributed by atoms with Crippen molar-refractivity contribution in [2.45, 2.75) is 38.8 Å². The van der Waals surface area contributed by atoms with Gasteiger partial charge in [-0.3, -0.25) is 9.69 Å². The van der Waals surface area contributed by atoms with E-state index in [1.807, 2.05) is 48.5 Å². The van der Waals surface area contributed by atoms with Gasteiger partial charge in [0.15, 0.2) is 0 Å². The minimum Gasteiger partial charge on any atom is -0.489 e. The summed E-state index contributed by atoms with van der Waals surface area (Å²) in [5.41, 5.74) is 6.50. The van der Waals surface area contributed by atoms with E-state index in [9.17, 15) is 14.9 Å². The molecule has 0 radical (unpaired) electrons. The SMILES string of the molecule is COC(=O)CCCCN(CCc1ccccc1OCc1ccc(-c2cccc(C#N)c2)cc1)Cc1ccc(C(=O)OC)cc1. The summed E-state index contributed by atoms with van der Waals surface area (Å²) in [5, 5.41) is 9.20. The average molecular weight is 591 g/mol. The number of hydrogen-bond acceptors (Lipinski definition) is 7. The number of carbonyl (C=O) groups excluding carboxylic acids is 2. The molecule has 4 aromatic carbocycles. The number of ether oxygens (including phenoxy) is 3. The summed E-state index contributed by atoms with van der Waals surface area (Å²) >= 11 is 0. The van der Waals surface area contributed by atoms with Crippen molar-refractivity contribution in [1.29, 1.82) is 5.26 Å². The zero-order valence-electron chi connectivity index (χ0n) is 25.3. The second-order valence-electron chi connectivity index (χ2n) is 10.5. The van der Waals surface area contributed by atoms with Crippen LogP contribution in [0.2, 0.25) is 0 Å². The first kappa shape index (κ1) is 32.0. The van der Waals surface area contributed by atoms with Crippen molar-refractivity contribution in [3.8, 4) is 22.9 Å². The number of nitriles is 1. The van der Waals surface area contributed by atoms with Gasteiger partial charge in [-0.1, -0.05) is 66.7 Å². The lowest BCUT2D eigenvalue weighted by molar-refractivity contribution is -0.140. The van der Waals surface area contributed by atoms with Crippen molar-refractivity contribution in [2.24, 2.45) is 0 Å². The predicted octanol–water partition coefficient (Wildman–Crippen LogP) is 6.98. The van der Waals surface area contributed by atoms with Gasteiger partial charge in [-0.05, 0) is 84.0 Å². The van der Waals surface area contributed by atoms with Crippen LogP contribution >= 0.6 is 0 Å². The summed E-state index contributed by atoms with van der Waals surface area (Å²) in [6, 6.07) is 33.6. The van der Waals surface area contributed by atoms with Crippen molar-refractivity contribution in [1.82, 2.24) is 4.90 Å². The molecule has 4 aromatic rings. The summed E-state index contributed by atoms with van der Waals surface area (Å²) < 4.78 is 15.9. The van der Waals surface area contributed by atoms with Gasteiger partial charge < -0.3 is 14.2 Å². The van der Waals surface area contributed by atoms with Gasteiger partial charge in [-0.2, -0.15) is 5.26 Å². The first-order valence-corrected chi connectivity index (χ1v) is 14.8. The van der Waals surface area contributed by atoms with E-state index in [-0.39, 0.29) is 11.9 Å². The lowest BCUT2D eigenvalue weighted by atomic mass is 10.0. The first-order valence-electron chi connectivity index (χ1n) is 14.8. The Morgan fingerprint density at radius 2 is 1.52 bits per heavy atom. The van der Waals surface area contributed by atoms with E-state index in [0.717, 1.165) is 65.9 Å². The predicted molar refractivity (Wildman–Crippen MR) is 170 cm³/mol. The molecule has 0 bridgehead atoms. The molecule has 0 N–H and O–H groups in total. The average Bonchev–Trinajstić information content (AvgIpc) is 3.08. The van der Waals surface area contributed by atoms with Crippen LogP contribution < -0.4 is 4.74 Å². The number of unbranched alkanes of at least 4 members (excludes halogenated alkanes) is 1. The Hall–Kier alpha value is -4.93. The highest BCUT2D eigenvalue weighted by atomic mass is 16.5. The van der Waals surface area contributed by atoms with Crippen LogP contribution in [0.5, 0.6) is 5.75 Å². The highest BCUT2D eigenvalue weighted by Crippen LogP contribution is 2.24. The van der Waals surface area contributed by atoms with Crippen LogP contribution in [-0.4, -0.2) is 44.1 Å². The van der Waals surface area contributed by atoms with Gasteiger partial charge in [0.2, 0.25) is 0 Å². The third-order valence-corrected chi connectivity index (χ3v) is 7.46. The van der Waals surface area contributed by atoms with Crippen molar-refractivity contribution < 1.29 is 23.8 Å². The maximum atomic E-state index is 11.8. The van der Waals surface area contributed by atoms with E-state index >= 15 is 0 Å². The van der Waals surface area contributed by atoms with E-state index in [4.69, 9.17) is 14.2 Å². The molecule has 0 saturated carbocycles. The lowest BCUT2D eigenvalue weighted by Gasteiger charge is -2.23. The third kappa shape index (κ3) is 9.55. The second-order valence-corrected chi connectivity index (χ2v) is 10.5. The molecule has 0 atom stereocenters. The molecule has 0 aliphatic rings. The molecule has 7 nitrogen and oxygen atoms in total. The largest absolute Gasteiger partial charge is 0.489 e. The second kappa shape index (κ2) is 16.6. The zero-order chi connectivity index (χ0) is 31.1. The van der Waals surface area contributed by atoms with Crippen LogP contribution in [-0.2, 0) is 33.8 Å². The number of esters is 2. The zero-order valence-corrected chi connectivity index (χ0v) is 25.3. The van der Waals surface area contributed by atoms with Crippen LogP contribution in [0.25, 0.3) is 11.1 Å². The molecule has 0 heterocycles. The van der Waals surface area contributed by atoms with E-state index < -0.39 is 0 Å². The summed E-state index contributed by atoms with van der Waals surface area (Å²) in [6.45, 7) is 2.78. The summed E-state index contributed by atoms with van der Waals surface area (Å²) in [4.78, 5) is 25.8. The summed E-state index contributed by atoms with van der Waals surface area (Å²) in [6.07, 6.45) is 2.82. The number of benzene rings is 4. The minimum absolute atomic E-state index is 0.191. The van der Waals surface area contributed by atoms with Gasteiger partial charge in [0, 0.05) is 19.5 Å². The van der Waals surface area contributed by atoms with Gasteiger partial charge in [0.25, 0.3) is 0 Å². The van der Waals surface area contributed by atoms with E-state index in [0.29, 0.717) is 30.7 Å². The molecular weight excluding hydrogens is 552 g/mol. The Bertz CT molecular complexity index is 1560. The number of rotatable bonds is 15. The Kier molecular flexibility index (Phi) is 12.1. The third-order valence-electron chi connectivity index (χ3n) is 7.46. The number of nitrogens with zero attached hydrogens (tertiary/aromatic N) is 2. The maximum Gasteiger partial charge on any atom is 0.337 e. The van der Waals surface area contributed by atoms with Gasteiger partial charge in [0.1, 0.15) is 12.4 Å². The Morgan fingerprint density at radius 3 is 2.25 bits per heavy atom.